The van der Waals surface area contributed by atoms with Gasteiger partial charge in [-0.1, -0.05) is 26.0 Å². The molecule has 39 heavy (non-hydrogen) atoms. The zero-order chi connectivity index (χ0) is 27.3. The van der Waals surface area contributed by atoms with Gasteiger partial charge in [-0.3, -0.25) is 4.90 Å². The molecule has 0 spiro atoms. The van der Waals surface area contributed by atoms with Gasteiger partial charge < -0.3 is 18.9 Å². The quantitative estimate of drug-likeness (QED) is 0.349. The van der Waals surface area contributed by atoms with Crippen molar-refractivity contribution in [1.82, 2.24) is 34.0 Å². The SMILES string of the molecule is COc1ccc([C@H](C(C)C)N2C[C@H](C)N(c3nc4nncn4c4c3nc(C)n4C[C@@H]3CCCO3)C[C@H]2C)cc1. The van der Waals surface area contributed by atoms with Crippen molar-refractivity contribution in [3.8, 4) is 5.75 Å². The monoisotopic (exact) mass is 532 g/mol. The molecule has 3 aromatic heterocycles. The fraction of sp³-hybridized carbons (Fsp3) is 0.586. The van der Waals surface area contributed by atoms with Crippen LogP contribution in [0.15, 0.2) is 30.6 Å². The predicted octanol–water partition coefficient (Wildman–Crippen LogP) is 4.27. The van der Waals surface area contributed by atoms with Crippen LogP contribution in [0.1, 0.15) is 58.0 Å². The van der Waals surface area contributed by atoms with Gasteiger partial charge in [0.15, 0.2) is 11.5 Å². The van der Waals surface area contributed by atoms with Gasteiger partial charge in [0.2, 0.25) is 0 Å². The van der Waals surface area contributed by atoms with Crippen molar-refractivity contribution in [2.75, 3.05) is 31.7 Å². The van der Waals surface area contributed by atoms with Gasteiger partial charge in [-0.25, -0.2) is 9.38 Å². The highest BCUT2D eigenvalue weighted by Crippen LogP contribution is 2.36. The lowest BCUT2D eigenvalue weighted by Gasteiger charge is -2.49. The van der Waals surface area contributed by atoms with Crippen LogP contribution in [-0.2, 0) is 11.3 Å². The zero-order valence-corrected chi connectivity index (χ0v) is 23.9. The average molecular weight is 533 g/mol. The first-order chi connectivity index (χ1) is 18.9. The van der Waals surface area contributed by atoms with Gasteiger partial charge in [-0.15, -0.1) is 10.2 Å². The van der Waals surface area contributed by atoms with E-state index in [9.17, 15) is 0 Å². The third-order valence-corrected chi connectivity index (χ3v) is 8.47. The summed E-state index contributed by atoms with van der Waals surface area (Å²) >= 11 is 0. The second-order valence-corrected chi connectivity index (χ2v) is 11.5. The number of fused-ring (bicyclic) bond motifs is 3. The molecule has 2 aliphatic rings. The Bertz CT molecular complexity index is 1440. The summed E-state index contributed by atoms with van der Waals surface area (Å²) in [5.74, 6) is 3.81. The lowest BCUT2D eigenvalue weighted by Crippen LogP contribution is -2.58. The minimum Gasteiger partial charge on any atom is -0.497 e. The highest BCUT2D eigenvalue weighted by atomic mass is 16.5. The van der Waals surface area contributed by atoms with Gasteiger partial charge in [0.25, 0.3) is 5.78 Å². The molecule has 10 nitrogen and oxygen atoms in total. The Morgan fingerprint density at radius 3 is 2.56 bits per heavy atom. The molecule has 0 aliphatic carbocycles. The molecule has 0 saturated carbocycles. The Labute approximate surface area is 229 Å². The number of imidazole rings is 1. The Kier molecular flexibility index (Phi) is 6.93. The number of benzene rings is 1. The van der Waals surface area contributed by atoms with E-state index in [1.165, 1.54) is 5.56 Å². The van der Waals surface area contributed by atoms with E-state index in [1.54, 1.807) is 13.4 Å². The van der Waals surface area contributed by atoms with Crippen molar-refractivity contribution in [3.63, 3.8) is 0 Å². The smallest absolute Gasteiger partial charge is 0.258 e. The number of rotatable bonds is 7. The molecule has 0 bridgehead atoms. The Morgan fingerprint density at radius 1 is 1.08 bits per heavy atom. The van der Waals surface area contributed by atoms with Crippen LogP contribution >= 0.6 is 0 Å². The van der Waals surface area contributed by atoms with Crippen LogP contribution < -0.4 is 9.64 Å². The first-order valence-corrected chi connectivity index (χ1v) is 14.2. The molecule has 6 rings (SSSR count). The summed E-state index contributed by atoms with van der Waals surface area (Å²) in [6, 6.07) is 9.43. The fourth-order valence-electron chi connectivity index (χ4n) is 6.56. The summed E-state index contributed by atoms with van der Waals surface area (Å²) in [4.78, 5) is 15.2. The van der Waals surface area contributed by atoms with E-state index >= 15 is 0 Å². The van der Waals surface area contributed by atoms with Crippen LogP contribution in [-0.4, -0.2) is 79.0 Å². The summed E-state index contributed by atoms with van der Waals surface area (Å²) in [6.45, 7) is 14.7. The summed E-state index contributed by atoms with van der Waals surface area (Å²) in [6.07, 6.45) is 4.13. The van der Waals surface area contributed by atoms with E-state index in [0.29, 0.717) is 23.8 Å². The van der Waals surface area contributed by atoms with Gasteiger partial charge in [0.1, 0.15) is 23.4 Å². The normalized spacial score (nSPS) is 23.4. The second kappa shape index (κ2) is 10.4. The first kappa shape index (κ1) is 26.0. The van der Waals surface area contributed by atoms with Gasteiger partial charge in [-0.2, -0.15) is 4.98 Å². The minimum absolute atomic E-state index is 0.206. The van der Waals surface area contributed by atoms with Crippen LogP contribution in [0.4, 0.5) is 5.82 Å². The Hall–Kier alpha value is -3.24. The fourth-order valence-corrected chi connectivity index (χ4v) is 6.56. The molecule has 4 aromatic rings. The third kappa shape index (κ3) is 4.63. The van der Waals surface area contributed by atoms with Gasteiger partial charge in [0.05, 0.1) is 19.8 Å². The predicted molar refractivity (Wildman–Crippen MR) is 151 cm³/mol. The number of methoxy groups -OCH3 is 1. The zero-order valence-electron chi connectivity index (χ0n) is 23.9. The van der Waals surface area contributed by atoms with Crippen LogP contribution in [0, 0.1) is 12.8 Å². The molecule has 5 heterocycles. The van der Waals surface area contributed by atoms with Crippen molar-refractivity contribution in [2.24, 2.45) is 5.92 Å². The molecule has 0 unspecified atom stereocenters. The molecular formula is C29H40N8O2. The number of piperazine rings is 1. The number of nitrogens with zero attached hydrogens (tertiary/aromatic N) is 8. The van der Waals surface area contributed by atoms with E-state index in [-0.39, 0.29) is 12.1 Å². The molecule has 0 amide bonds. The lowest BCUT2D eigenvalue weighted by atomic mass is 9.91. The largest absolute Gasteiger partial charge is 0.497 e. The molecular weight excluding hydrogens is 492 g/mol. The summed E-state index contributed by atoms with van der Waals surface area (Å²) in [5, 5.41) is 8.55. The van der Waals surface area contributed by atoms with Crippen molar-refractivity contribution in [2.45, 2.75) is 78.2 Å². The topological polar surface area (TPSA) is 85.8 Å². The van der Waals surface area contributed by atoms with Crippen LogP contribution in [0.5, 0.6) is 5.75 Å². The standard InChI is InChI=1S/C29H40N8O2/c1-18(2)26(22-9-11-23(38-6)12-10-22)34-14-20(4)35(15-19(34)3)27-25-28(37-17-30-33-29(37)32-27)36(21(5)31-25)16-24-8-7-13-39-24/h9-12,17-20,24,26H,7-8,13-16H2,1-6H3/t19-,20+,24+,26+/m1/s1. The molecule has 0 radical (unpaired) electrons. The molecule has 2 aliphatic heterocycles. The molecule has 2 fully saturated rings. The van der Waals surface area contributed by atoms with Crippen LogP contribution in [0.25, 0.3) is 16.9 Å². The molecule has 1 aromatic carbocycles. The summed E-state index contributed by atoms with van der Waals surface area (Å²) in [7, 11) is 1.72. The third-order valence-electron chi connectivity index (χ3n) is 8.47. The molecule has 10 heteroatoms. The first-order valence-electron chi connectivity index (χ1n) is 14.2. The van der Waals surface area contributed by atoms with Crippen molar-refractivity contribution >= 4 is 22.8 Å². The average Bonchev–Trinajstić information content (AvgIpc) is 3.67. The maximum Gasteiger partial charge on any atom is 0.258 e. The lowest BCUT2D eigenvalue weighted by molar-refractivity contribution is 0.0821. The van der Waals surface area contributed by atoms with E-state index in [0.717, 1.165) is 67.6 Å². The number of hydrogen-bond acceptors (Lipinski definition) is 8. The summed E-state index contributed by atoms with van der Waals surface area (Å²) < 4.78 is 15.6. The number of ether oxygens (including phenoxy) is 2. The number of aromatic nitrogens is 6. The van der Waals surface area contributed by atoms with Crippen molar-refractivity contribution in [1.29, 1.82) is 0 Å². The van der Waals surface area contributed by atoms with E-state index < -0.39 is 0 Å². The number of hydrogen-bond donors (Lipinski definition) is 0. The van der Waals surface area contributed by atoms with Gasteiger partial charge in [-0.05, 0) is 57.2 Å². The molecule has 0 N–H and O–H groups in total. The Balaban J connectivity index is 1.35. The van der Waals surface area contributed by atoms with E-state index in [2.05, 4.69) is 83.4 Å². The summed E-state index contributed by atoms with van der Waals surface area (Å²) in [5.41, 5.74) is 3.22. The van der Waals surface area contributed by atoms with E-state index in [1.807, 2.05) is 4.40 Å². The number of anilines is 1. The maximum absolute atomic E-state index is 5.98. The molecule has 208 valence electrons. The van der Waals surface area contributed by atoms with Gasteiger partial charge >= 0.3 is 0 Å². The molecule has 2 saturated heterocycles. The van der Waals surface area contributed by atoms with Crippen LogP contribution in [0.2, 0.25) is 0 Å². The highest BCUT2D eigenvalue weighted by Gasteiger charge is 2.37. The van der Waals surface area contributed by atoms with Crippen molar-refractivity contribution < 1.29 is 9.47 Å². The maximum atomic E-state index is 5.98. The molecule has 4 atom stereocenters. The highest BCUT2D eigenvalue weighted by molar-refractivity contribution is 5.87. The minimum atomic E-state index is 0.206. The second-order valence-electron chi connectivity index (χ2n) is 11.5. The van der Waals surface area contributed by atoms with Crippen molar-refractivity contribution in [3.05, 3.63) is 42.0 Å². The van der Waals surface area contributed by atoms with Crippen LogP contribution in [0.3, 0.4) is 0 Å². The van der Waals surface area contributed by atoms with Gasteiger partial charge in [0, 0.05) is 37.8 Å². The number of aryl methyl sites for hydroxylation is 1. The Morgan fingerprint density at radius 2 is 1.87 bits per heavy atom. The van der Waals surface area contributed by atoms with E-state index in [4.69, 9.17) is 19.4 Å².